The minimum atomic E-state index is -1.63. The summed E-state index contributed by atoms with van der Waals surface area (Å²) in [4.78, 5) is 50.6. The van der Waals surface area contributed by atoms with Gasteiger partial charge in [-0.25, -0.2) is 4.79 Å². The fourth-order valence-electron chi connectivity index (χ4n) is 3.64. The molecule has 0 aliphatic carbocycles. The first-order valence-corrected chi connectivity index (χ1v) is 10.9. The monoisotopic (exact) mass is 455 g/mol. The Hall–Kier alpha value is -3.53. The molecule has 0 aromatic heterocycles. The molecule has 3 atom stereocenters. The number of fused-ring (bicyclic) bond motifs is 1. The molecule has 2 aliphatic rings. The number of thioether (sulfide) groups is 1. The van der Waals surface area contributed by atoms with Gasteiger partial charge in [-0.1, -0.05) is 48.5 Å². The van der Waals surface area contributed by atoms with Crippen LogP contribution in [0, 0.1) is 0 Å². The lowest BCUT2D eigenvalue weighted by Gasteiger charge is -2.52. The van der Waals surface area contributed by atoms with Crippen LogP contribution in [0.1, 0.15) is 5.56 Å². The number of carbonyl (C=O) groups excluding carboxylic acids is 4. The highest BCUT2D eigenvalue weighted by Crippen LogP contribution is 2.45. The Morgan fingerprint density at radius 1 is 1.12 bits per heavy atom. The molecule has 2 heterocycles. The summed E-state index contributed by atoms with van der Waals surface area (Å²) in [6, 6.07) is 17.2. The van der Waals surface area contributed by atoms with Crippen LogP contribution in [0.3, 0.4) is 0 Å². The maximum absolute atomic E-state index is 13.0. The molecule has 1 unspecified atom stereocenters. The zero-order valence-electron chi connectivity index (χ0n) is 16.9. The van der Waals surface area contributed by atoms with Crippen LogP contribution in [0.25, 0.3) is 0 Å². The van der Waals surface area contributed by atoms with Gasteiger partial charge in [-0.15, -0.1) is 11.8 Å². The number of rotatable bonds is 9. The summed E-state index contributed by atoms with van der Waals surface area (Å²) in [6.45, 7) is -0.238. The SMILES string of the molecule is O=CN[C@@]1(NC(=O)COc2ccccc2)C(=O)N2C(C(=O)OCc3ccccc3)CS[C@H]21. The van der Waals surface area contributed by atoms with E-state index in [1.165, 1.54) is 16.7 Å². The van der Waals surface area contributed by atoms with Gasteiger partial charge in [0, 0.05) is 5.75 Å². The highest BCUT2D eigenvalue weighted by molar-refractivity contribution is 8.00. The van der Waals surface area contributed by atoms with Gasteiger partial charge in [-0.3, -0.25) is 14.4 Å². The average Bonchev–Trinajstić information content (AvgIpc) is 3.24. The lowest BCUT2D eigenvalue weighted by atomic mass is 9.95. The molecule has 0 bridgehead atoms. The lowest BCUT2D eigenvalue weighted by molar-refractivity contribution is -0.172. The van der Waals surface area contributed by atoms with Crippen LogP contribution < -0.4 is 15.4 Å². The number of esters is 1. The van der Waals surface area contributed by atoms with Crippen molar-refractivity contribution >= 4 is 36.0 Å². The van der Waals surface area contributed by atoms with Crippen LogP contribution in [0.2, 0.25) is 0 Å². The molecule has 3 amide bonds. The number of para-hydroxylation sites is 1. The summed E-state index contributed by atoms with van der Waals surface area (Å²) < 4.78 is 10.8. The Morgan fingerprint density at radius 2 is 1.81 bits per heavy atom. The zero-order chi connectivity index (χ0) is 22.6. The fraction of sp³-hybridized carbons (Fsp3) is 0.273. The molecular formula is C22H21N3O6S. The summed E-state index contributed by atoms with van der Waals surface area (Å²) >= 11 is 1.28. The minimum absolute atomic E-state index is 0.0961. The third kappa shape index (κ3) is 4.13. The molecule has 166 valence electrons. The largest absolute Gasteiger partial charge is 0.484 e. The van der Waals surface area contributed by atoms with Crippen molar-refractivity contribution in [3.63, 3.8) is 0 Å². The highest BCUT2D eigenvalue weighted by atomic mass is 32.2. The Kier molecular flexibility index (Phi) is 6.31. The number of hydrogen-bond acceptors (Lipinski definition) is 7. The van der Waals surface area contributed by atoms with E-state index in [9.17, 15) is 19.2 Å². The molecule has 2 N–H and O–H groups in total. The van der Waals surface area contributed by atoms with Gasteiger partial charge < -0.3 is 25.0 Å². The first-order chi connectivity index (χ1) is 15.5. The number of β-lactam (4-membered cyclic amide) rings is 1. The van der Waals surface area contributed by atoms with Crippen molar-refractivity contribution in [1.29, 1.82) is 0 Å². The van der Waals surface area contributed by atoms with Crippen LogP contribution in [0.15, 0.2) is 60.7 Å². The molecule has 4 rings (SSSR count). The van der Waals surface area contributed by atoms with E-state index in [0.717, 1.165) is 5.56 Å². The molecule has 2 aliphatic heterocycles. The molecular weight excluding hydrogens is 434 g/mol. The van der Waals surface area contributed by atoms with Crippen molar-refractivity contribution in [2.75, 3.05) is 12.4 Å². The smallest absolute Gasteiger partial charge is 0.330 e. The molecule has 0 saturated carbocycles. The van der Waals surface area contributed by atoms with Gasteiger partial charge >= 0.3 is 5.97 Å². The summed E-state index contributed by atoms with van der Waals surface area (Å²) in [5.74, 6) is -0.891. The number of carbonyl (C=O) groups is 4. The molecule has 10 heteroatoms. The van der Waals surface area contributed by atoms with Crippen molar-refractivity contribution in [2.24, 2.45) is 0 Å². The van der Waals surface area contributed by atoms with Gasteiger partial charge in [-0.2, -0.15) is 0 Å². The fourth-order valence-corrected chi connectivity index (χ4v) is 5.18. The topological polar surface area (TPSA) is 114 Å². The molecule has 2 aromatic rings. The Bertz CT molecular complexity index is 1010. The minimum Gasteiger partial charge on any atom is -0.484 e. The van der Waals surface area contributed by atoms with Crippen molar-refractivity contribution in [2.45, 2.75) is 23.7 Å². The van der Waals surface area contributed by atoms with Crippen LogP contribution in [-0.2, 0) is 30.5 Å². The number of hydrogen-bond donors (Lipinski definition) is 2. The summed E-state index contributed by atoms with van der Waals surface area (Å²) in [5, 5.41) is 4.37. The highest BCUT2D eigenvalue weighted by Gasteiger charge is 2.68. The van der Waals surface area contributed by atoms with Crippen LogP contribution >= 0.6 is 11.8 Å². The quantitative estimate of drug-likeness (QED) is 0.247. The van der Waals surface area contributed by atoms with Crippen molar-refractivity contribution in [3.05, 3.63) is 66.2 Å². The van der Waals surface area contributed by atoms with Crippen molar-refractivity contribution in [3.8, 4) is 5.75 Å². The first kappa shape index (κ1) is 21.7. The molecule has 2 saturated heterocycles. The van der Waals surface area contributed by atoms with Gasteiger partial charge in [0.15, 0.2) is 6.61 Å². The summed E-state index contributed by atoms with van der Waals surface area (Å²) in [5.41, 5.74) is -0.793. The van der Waals surface area contributed by atoms with Crippen LogP contribution in [0.4, 0.5) is 0 Å². The second-order valence-corrected chi connectivity index (χ2v) is 8.34. The second kappa shape index (κ2) is 9.31. The van der Waals surface area contributed by atoms with E-state index in [2.05, 4.69) is 10.6 Å². The second-order valence-electron chi connectivity index (χ2n) is 7.23. The van der Waals surface area contributed by atoms with Crippen LogP contribution in [-0.4, -0.2) is 58.5 Å². The van der Waals surface area contributed by atoms with E-state index in [1.807, 2.05) is 36.4 Å². The third-order valence-electron chi connectivity index (χ3n) is 5.17. The normalized spacial score (nSPS) is 23.5. The van der Waals surface area contributed by atoms with Gasteiger partial charge in [0.2, 0.25) is 12.1 Å². The maximum atomic E-state index is 13.0. The predicted molar refractivity (Wildman–Crippen MR) is 115 cm³/mol. The average molecular weight is 455 g/mol. The maximum Gasteiger partial charge on any atom is 0.330 e. The molecule has 9 nitrogen and oxygen atoms in total. The van der Waals surface area contributed by atoms with E-state index in [-0.39, 0.29) is 13.2 Å². The van der Waals surface area contributed by atoms with Crippen molar-refractivity contribution < 1.29 is 28.7 Å². The van der Waals surface area contributed by atoms with Gasteiger partial charge in [-0.05, 0) is 17.7 Å². The van der Waals surface area contributed by atoms with Gasteiger partial charge in [0.05, 0.1) is 0 Å². The first-order valence-electron chi connectivity index (χ1n) is 9.90. The number of ether oxygens (including phenoxy) is 2. The molecule has 2 aromatic carbocycles. The standard InChI is InChI=1S/C22H21N3O6S/c26-14-23-22(24-18(27)12-30-16-9-5-2-6-10-16)20(29)25-17(13-32-21(22)25)19(28)31-11-15-7-3-1-4-8-15/h1-10,14,17,21H,11-13H2,(H,23,26)(H,24,27)/t17?,21-,22+/m0/s1. The predicted octanol–water partition coefficient (Wildman–Crippen LogP) is 0.651. The Balaban J connectivity index is 1.37. The third-order valence-corrected chi connectivity index (χ3v) is 6.58. The summed E-state index contributed by atoms with van der Waals surface area (Å²) in [6.07, 6.45) is 0.356. The Labute approximate surface area is 188 Å². The molecule has 0 spiro atoms. The molecule has 2 fully saturated rings. The molecule has 32 heavy (non-hydrogen) atoms. The number of nitrogens with zero attached hydrogens (tertiary/aromatic N) is 1. The molecule has 0 radical (unpaired) electrons. The number of amides is 3. The Morgan fingerprint density at radius 3 is 2.50 bits per heavy atom. The van der Waals surface area contributed by atoms with E-state index in [0.29, 0.717) is 17.9 Å². The van der Waals surface area contributed by atoms with E-state index in [4.69, 9.17) is 9.47 Å². The van der Waals surface area contributed by atoms with Gasteiger partial charge in [0.1, 0.15) is 23.8 Å². The number of nitrogens with one attached hydrogen (secondary N) is 2. The number of benzene rings is 2. The summed E-state index contributed by atoms with van der Waals surface area (Å²) in [7, 11) is 0. The lowest BCUT2D eigenvalue weighted by Crippen LogP contribution is -2.84. The van der Waals surface area contributed by atoms with E-state index in [1.54, 1.807) is 24.3 Å². The van der Waals surface area contributed by atoms with Gasteiger partial charge in [0.25, 0.3) is 11.8 Å². The van der Waals surface area contributed by atoms with Crippen LogP contribution in [0.5, 0.6) is 5.75 Å². The van der Waals surface area contributed by atoms with Crippen molar-refractivity contribution in [1.82, 2.24) is 15.5 Å². The zero-order valence-corrected chi connectivity index (χ0v) is 17.7. The van der Waals surface area contributed by atoms with E-state index < -0.39 is 34.9 Å². The van der Waals surface area contributed by atoms with E-state index >= 15 is 0 Å².